The minimum absolute atomic E-state index is 0.238. The van der Waals surface area contributed by atoms with Gasteiger partial charge in [0, 0.05) is 31.1 Å². The maximum atomic E-state index is 12.4. The lowest BCUT2D eigenvalue weighted by Gasteiger charge is -2.12. The third-order valence-electron chi connectivity index (χ3n) is 6.16. The van der Waals surface area contributed by atoms with E-state index in [1.165, 1.54) is 11.1 Å². The van der Waals surface area contributed by atoms with Crippen molar-refractivity contribution in [2.45, 2.75) is 32.8 Å². The molecule has 1 aromatic heterocycles. The van der Waals surface area contributed by atoms with Crippen molar-refractivity contribution in [3.63, 3.8) is 0 Å². The number of carbonyl (C=O) groups excluding carboxylic acids is 1. The first-order valence-electron chi connectivity index (χ1n) is 12.2. The lowest BCUT2D eigenvalue weighted by molar-refractivity contribution is -0.118. The molecule has 186 valence electrons. The first-order chi connectivity index (χ1) is 17.4. The molecule has 4 rings (SSSR count). The van der Waals surface area contributed by atoms with Gasteiger partial charge in [-0.05, 0) is 80.0 Å². The summed E-state index contributed by atoms with van der Waals surface area (Å²) in [6, 6.07) is 22.2. The minimum atomic E-state index is 0.238. The van der Waals surface area contributed by atoms with E-state index in [9.17, 15) is 4.79 Å². The van der Waals surface area contributed by atoms with Crippen LogP contribution in [0.1, 0.15) is 29.5 Å². The zero-order valence-corrected chi connectivity index (χ0v) is 21.5. The van der Waals surface area contributed by atoms with Gasteiger partial charge in [0.05, 0.1) is 6.61 Å². The molecule has 0 saturated carbocycles. The van der Waals surface area contributed by atoms with Crippen LogP contribution in [-0.2, 0) is 22.6 Å². The highest BCUT2D eigenvalue weighted by Crippen LogP contribution is 2.31. The molecule has 0 radical (unpaired) electrons. The molecule has 1 heterocycles. The molecular formula is C30H33N3O3. The predicted octanol–water partition coefficient (Wildman–Crippen LogP) is 5.98. The Morgan fingerprint density at radius 3 is 2.58 bits per heavy atom. The Kier molecular flexibility index (Phi) is 8.41. The molecule has 36 heavy (non-hydrogen) atoms. The number of aromatic nitrogens is 2. The zero-order valence-electron chi connectivity index (χ0n) is 21.5. The first-order valence-corrected chi connectivity index (χ1v) is 12.2. The Morgan fingerprint density at radius 1 is 0.972 bits per heavy atom. The summed E-state index contributed by atoms with van der Waals surface area (Å²) in [6.45, 7) is 3.49. The van der Waals surface area contributed by atoms with Crippen molar-refractivity contribution in [2.24, 2.45) is 0 Å². The summed E-state index contributed by atoms with van der Waals surface area (Å²) < 4.78 is 11.1. The molecule has 0 N–H and O–H groups in total. The highest BCUT2D eigenvalue weighted by molar-refractivity contribution is 5.81. The van der Waals surface area contributed by atoms with Gasteiger partial charge in [0.15, 0.2) is 0 Å². The van der Waals surface area contributed by atoms with E-state index in [-0.39, 0.29) is 5.78 Å². The highest BCUT2D eigenvalue weighted by Gasteiger charge is 2.15. The average molecular weight is 484 g/mol. The van der Waals surface area contributed by atoms with Gasteiger partial charge in [-0.1, -0.05) is 53.7 Å². The molecule has 0 atom stereocenters. The quantitative estimate of drug-likeness (QED) is 0.261. The maximum Gasteiger partial charge on any atom is 0.258 e. The number of methoxy groups -OCH3 is 1. The van der Waals surface area contributed by atoms with Crippen molar-refractivity contribution in [3.8, 4) is 34.0 Å². The van der Waals surface area contributed by atoms with E-state index in [2.05, 4.69) is 40.2 Å². The van der Waals surface area contributed by atoms with Crippen LogP contribution in [-0.4, -0.2) is 48.6 Å². The number of benzene rings is 3. The Hall–Kier alpha value is -3.61. The number of hydrogen-bond acceptors (Lipinski definition) is 6. The van der Waals surface area contributed by atoms with E-state index in [0.717, 1.165) is 40.8 Å². The molecule has 0 fully saturated rings. The number of ether oxygens (including phenoxy) is 1. The monoisotopic (exact) mass is 483 g/mol. The van der Waals surface area contributed by atoms with E-state index in [0.29, 0.717) is 31.2 Å². The van der Waals surface area contributed by atoms with Gasteiger partial charge >= 0.3 is 0 Å². The van der Waals surface area contributed by atoms with Crippen molar-refractivity contribution in [2.75, 3.05) is 27.7 Å². The number of carbonyl (C=O) groups is 1. The van der Waals surface area contributed by atoms with E-state index in [4.69, 9.17) is 9.26 Å². The summed E-state index contributed by atoms with van der Waals surface area (Å²) in [6.07, 6.45) is 1.86. The van der Waals surface area contributed by atoms with Gasteiger partial charge < -0.3 is 14.2 Å². The van der Waals surface area contributed by atoms with Crippen LogP contribution in [0.15, 0.2) is 71.3 Å². The third kappa shape index (κ3) is 6.33. The van der Waals surface area contributed by atoms with Crippen molar-refractivity contribution in [1.29, 1.82) is 0 Å². The Morgan fingerprint density at radius 2 is 1.81 bits per heavy atom. The van der Waals surface area contributed by atoms with Crippen LogP contribution in [0.4, 0.5) is 0 Å². The molecule has 0 aliphatic rings. The summed E-state index contributed by atoms with van der Waals surface area (Å²) >= 11 is 0. The second-order valence-corrected chi connectivity index (χ2v) is 9.37. The first kappa shape index (κ1) is 25.5. The summed E-state index contributed by atoms with van der Waals surface area (Å²) in [5, 5.41) is 4.21. The van der Waals surface area contributed by atoms with Gasteiger partial charge in [0.25, 0.3) is 5.89 Å². The molecule has 0 aliphatic heterocycles. The van der Waals surface area contributed by atoms with Crippen molar-refractivity contribution < 1.29 is 14.1 Å². The number of hydrogen-bond donors (Lipinski definition) is 0. The van der Waals surface area contributed by atoms with Crippen LogP contribution >= 0.6 is 0 Å². The number of Topliss-reactive ketones (excluding diaryl/α,β-unsaturated/α-hetero) is 1. The standard InChI is InChI=1S/C30H33N3O3/c1-21-9-5-6-13-27(21)28-15-14-24(19-25(28)20-35-4)30-31-29(32-36-30)23-11-7-10-22(17-23)18-26(34)12-8-16-33(2)3/h5-7,9-11,13-15,17,19H,8,12,16,18,20H2,1-4H3. The van der Waals surface area contributed by atoms with Crippen molar-refractivity contribution in [1.82, 2.24) is 15.0 Å². The van der Waals surface area contributed by atoms with Crippen LogP contribution in [0.3, 0.4) is 0 Å². The lowest BCUT2D eigenvalue weighted by atomic mass is 9.94. The molecule has 0 unspecified atom stereocenters. The van der Waals surface area contributed by atoms with Gasteiger partial charge in [-0.3, -0.25) is 4.79 Å². The fourth-order valence-electron chi connectivity index (χ4n) is 4.33. The van der Waals surface area contributed by atoms with Crippen LogP contribution in [0.25, 0.3) is 34.0 Å². The summed E-state index contributed by atoms with van der Waals surface area (Å²) in [5.74, 6) is 1.19. The molecule has 0 aliphatic carbocycles. The molecule has 4 aromatic rings. The SMILES string of the molecule is COCc1cc(-c2nc(-c3cccc(CC(=O)CCCN(C)C)c3)no2)ccc1-c1ccccc1C. The van der Waals surface area contributed by atoms with Crippen LogP contribution in [0.5, 0.6) is 0 Å². The molecule has 6 heteroatoms. The topological polar surface area (TPSA) is 68.5 Å². The van der Waals surface area contributed by atoms with Crippen LogP contribution in [0.2, 0.25) is 0 Å². The van der Waals surface area contributed by atoms with Crippen LogP contribution in [0, 0.1) is 6.92 Å². The normalized spacial score (nSPS) is 11.2. The van der Waals surface area contributed by atoms with E-state index >= 15 is 0 Å². The molecule has 0 bridgehead atoms. The number of aryl methyl sites for hydroxylation is 1. The Labute approximate surface area is 212 Å². The smallest absolute Gasteiger partial charge is 0.258 e. The maximum absolute atomic E-state index is 12.4. The minimum Gasteiger partial charge on any atom is -0.380 e. The Bertz CT molecular complexity index is 1330. The number of ketones is 1. The highest BCUT2D eigenvalue weighted by atomic mass is 16.5. The second-order valence-electron chi connectivity index (χ2n) is 9.37. The summed E-state index contributed by atoms with van der Waals surface area (Å²) in [5.41, 5.74) is 7.19. The molecule has 0 spiro atoms. The average Bonchev–Trinajstić information content (AvgIpc) is 3.35. The van der Waals surface area contributed by atoms with Gasteiger partial charge in [0.2, 0.25) is 5.82 Å². The van der Waals surface area contributed by atoms with E-state index in [1.54, 1.807) is 7.11 Å². The molecule has 0 saturated heterocycles. The van der Waals surface area contributed by atoms with Crippen molar-refractivity contribution >= 4 is 5.78 Å². The Balaban J connectivity index is 1.54. The molecular weight excluding hydrogens is 450 g/mol. The molecule has 6 nitrogen and oxygen atoms in total. The molecule has 3 aromatic carbocycles. The summed E-state index contributed by atoms with van der Waals surface area (Å²) in [7, 11) is 5.73. The number of nitrogens with zero attached hydrogens (tertiary/aromatic N) is 3. The predicted molar refractivity (Wildman–Crippen MR) is 143 cm³/mol. The van der Waals surface area contributed by atoms with E-state index < -0.39 is 0 Å². The fourth-order valence-corrected chi connectivity index (χ4v) is 4.33. The van der Waals surface area contributed by atoms with Gasteiger partial charge in [0.1, 0.15) is 5.78 Å². The lowest BCUT2D eigenvalue weighted by Crippen LogP contribution is -2.14. The number of rotatable bonds is 11. The summed E-state index contributed by atoms with van der Waals surface area (Å²) in [4.78, 5) is 19.1. The zero-order chi connectivity index (χ0) is 25.5. The van der Waals surface area contributed by atoms with Crippen LogP contribution < -0.4 is 0 Å². The van der Waals surface area contributed by atoms with E-state index in [1.807, 2.05) is 62.6 Å². The molecule has 0 amide bonds. The van der Waals surface area contributed by atoms with Gasteiger partial charge in [-0.25, -0.2) is 0 Å². The third-order valence-corrected chi connectivity index (χ3v) is 6.16. The van der Waals surface area contributed by atoms with Gasteiger partial charge in [-0.2, -0.15) is 4.98 Å². The second kappa shape index (κ2) is 11.9. The van der Waals surface area contributed by atoms with Crippen molar-refractivity contribution in [3.05, 3.63) is 83.4 Å². The fraction of sp³-hybridized carbons (Fsp3) is 0.300. The largest absolute Gasteiger partial charge is 0.380 e. The van der Waals surface area contributed by atoms with Gasteiger partial charge in [-0.15, -0.1) is 0 Å².